The molecule has 0 aliphatic rings. The van der Waals surface area contributed by atoms with E-state index in [9.17, 15) is 14.4 Å². The average Bonchev–Trinajstić information content (AvgIpc) is 2.71. The summed E-state index contributed by atoms with van der Waals surface area (Å²) >= 11 is 0. The first-order valence-electron chi connectivity index (χ1n) is 10.4. The first-order valence-corrected chi connectivity index (χ1v) is 10.4. The largest absolute Gasteiger partial charge is 0.352 e. The van der Waals surface area contributed by atoms with Crippen LogP contribution in [0.3, 0.4) is 0 Å². The smallest absolute Gasteiger partial charge is 0.220 e. The molecule has 0 saturated heterocycles. The molecular weight excluding hydrogens is 354 g/mol. The summed E-state index contributed by atoms with van der Waals surface area (Å²) in [4.78, 5) is 34.9. The van der Waals surface area contributed by atoms with E-state index in [1.165, 1.54) is 0 Å². The van der Waals surface area contributed by atoms with Crippen LogP contribution in [0.4, 0.5) is 0 Å². The minimum absolute atomic E-state index is 0.00977. The van der Waals surface area contributed by atoms with E-state index < -0.39 is 0 Å². The van der Waals surface area contributed by atoms with Gasteiger partial charge in [-0.05, 0) is 29.5 Å². The van der Waals surface area contributed by atoms with Crippen molar-refractivity contribution in [2.24, 2.45) is 0 Å². The molecule has 3 N–H and O–H groups in total. The first kappa shape index (κ1) is 25.6. The van der Waals surface area contributed by atoms with Gasteiger partial charge in [0.1, 0.15) is 0 Å². The molecule has 0 aliphatic carbocycles. The normalized spacial score (nSPS) is 9.75. The zero-order chi connectivity index (χ0) is 21.4. The Morgan fingerprint density at radius 3 is 1.25 bits per heavy atom. The summed E-state index contributed by atoms with van der Waals surface area (Å²) in [6.07, 6.45) is 3.07. The number of hydrogen-bond acceptors (Lipinski definition) is 3. The third-order valence-electron chi connectivity index (χ3n) is 3.86. The molecular formula is C22H37N3O3. The number of carbonyl (C=O) groups is 3. The van der Waals surface area contributed by atoms with Gasteiger partial charge in [-0.25, -0.2) is 0 Å². The van der Waals surface area contributed by atoms with Crippen molar-refractivity contribution in [3.05, 3.63) is 34.9 Å². The molecule has 1 aromatic rings. The van der Waals surface area contributed by atoms with Crippen LogP contribution in [0.5, 0.6) is 0 Å². The van der Waals surface area contributed by atoms with E-state index in [4.69, 9.17) is 0 Å². The Hall–Kier alpha value is -2.37. The molecule has 1 rings (SSSR count). The summed E-state index contributed by atoms with van der Waals surface area (Å²) in [5, 5.41) is 8.66. The monoisotopic (exact) mass is 391 g/mol. The highest BCUT2D eigenvalue weighted by Crippen LogP contribution is 2.11. The topological polar surface area (TPSA) is 87.3 Å². The van der Waals surface area contributed by atoms with Crippen LogP contribution in [0.25, 0.3) is 0 Å². The van der Waals surface area contributed by atoms with Gasteiger partial charge in [-0.3, -0.25) is 14.4 Å². The van der Waals surface area contributed by atoms with Gasteiger partial charge in [0.2, 0.25) is 17.7 Å². The molecule has 1 aromatic carbocycles. The zero-order valence-electron chi connectivity index (χ0n) is 18.1. The van der Waals surface area contributed by atoms with Gasteiger partial charge in [0.25, 0.3) is 0 Å². The number of nitrogens with one attached hydrogen (secondary N) is 3. The van der Waals surface area contributed by atoms with Crippen molar-refractivity contribution >= 4 is 17.7 Å². The summed E-state index contributed by atoms with van der Waals surface area (Å²) in [5.41, 5.74) is 2.86. The molecule has 0 radical (unpaired) electrons. The lowest BCUT2D eigenvalue weighted by Crippen LogP contribution is -2.25. The molecule has 158 valence electrons. The molecule has 0 heterocycles. The summed E-state index contributed by atoms with van der Waals surface area (Å²) in [6, 6.07) is 5.92. The second-order valence-electron chi connectivity index (χ2n) is 6.34. The standard InChI is InChI=1S/C20H31N3O3.C2H6/c1-4-7-19(25)22-13-16-9-15(12-21-18(24)6-3)10-17(11-16)14-23-20(26)8-5-2;1-2/h9-11H,4-8,12-14H2,1-3H3,(H,21,24)(H,22,25)(H,23,26);1-2H3. The fraction of sp³-hybridized carbons (Fsp3) is 0.591. The number of rotatable bonds is 11. The van der Waals surface area contributed by atoms with Gasteiger partial charge >= 0.3 is 0 Å². The van der Waals surface area contributed by atoms with Gasteiger partial charge in [-0.1, -0.05) is 52.8 Å². The second kappa shape index (κ2) is 15.7. The lowest BCUT2D eigenvalue weighted by atomic mass is 10.0. The predicted octanol–water partition coefficient (Wildman–Crippen LogP) is 3.57. The Morgan fingerprint density at radius 2 is 0.964 bits per heavy atom. The van der Waals surface area contributed by atoms with E-state index in [1.807, 2.05) is 52.8 Å². The van der Waals surface area contributed by atoms with Gasteiger partial charge in [0.05, 0.1) is 0 Å². The van der Waals surface area contributed by atoms with Crippen molar-refractivity contribution in [1.82, 2.24) is 16.0 Å². The number of hydrogen-bond donors (Lipinski definition) is 3. The van der Waals surface area contributed by atoms with E-state index in [2.05, 4.69) is 16.0 Å². The van der Waals surface area contributed by atoms with E-state index in [0.29, 0.717) is 38.9 Å². The van der Waals surface area contributed by atoms with Gasteiger partial charge in [0.15, 0.2) is 0 Å². The summed E-state index contributed by atoms with van der Waals surface area (Å²) in [5.74, 6) is 0.0365. The van der Waals surface area contributed by atoms with Crippen LogP contribution in [0, 0.1) is 0 Å². The SMILES string of the molecule is CC.CCCC(=O)NCc1cc(CNC(=O)CC)cc(CNC(=O)CCC)c1. The van der Waals surface area contributed by atoms with Crippen LogP contribution in [-0.4, -0.2) is 17.7 Å². The van der Waals surface area contributed by atoms with Crippen molar-refractivity contribution in [1.29, 1.82) is 0 Å². The molecule has 0 aliphatic heterocycles. The van der Waals surface area contributed by atoms with Crippen molar-refractivity contribution in [3.8, 4) is 0 Å². The molecule has 6 heteroatoms. The van der Waals surface area contributed by atoms with Crippen LogP contribution in [0.2, 0.25) is 0 Å². The van der Waals surface area contributed by atoms with Gasteiger partial charge < -0.3 is 16.0 Å². The van der Waals surface area contributed by atoms with Gasteiger partial charge in [0, 0.05) is 38.9 Å². The molecule has 0 spiro atoms. The fourth-order valence-corrected chi connectivity index (χ4v) is 2.50. The third kappa shape index (κ3) is 11.4. The lowest BCUT2D eigenvalue weighted by Gasteiger charge is -2.12. The van der Waals surface area contributed by atoms with Crippen molar-refractivity contribution in [2.45, 2.75) is 86.4 Å². The van der Waals surface area contributed by atoms with Gasteiger partial charge in [-0.2, -0.15) is 0 Å². The highest BCUT2D eigenvalue weighted by Gasteiger charge is 2.07. The van der Waals surface area contributed by atoms with Crippen LogP contribution in [0.15, 0.2) is 18.2 Å². The Morgan fingerprint density at radius 1 is 0.643 bits per heavy atom. The fourth-order valence-electron chi connectivity index (χ4n) is 2.50. The molecule has 0 fully saturated rings. The highest BCUT2D eigenvalue weighted by molar-refractivity contribution is 5.76. The first-order chi connectivity index (χ1) is 13.5. The zero-order valence-corrected chi connectivity index (χ0v) is 18.1. The highest BCUT2D eigenvalue weighted by atomic mass is 16.2. The summed E-state index contributed by atoms with van der Waals surface area (Å²) in [7, 11) is 0. The maximum absolute atomic E-state index is 11.7. The van der Waals surface area contributed by atoms with Crippen LogP contribution in [-0.2, 0) is 34.0 Å². The number of benzene rings is 1. The third-order valence-corrected chi connectivity index (χ3v) is 3.86. The molecule has 28 heavy (non-hydrogen) atoms. The van der Waals surface area contributed by atoms with Crippen molar-refractivity contribution in [3.63, 3.8) is 0 Å². The average molecular weight is 392 g/mol. The molecule has 0 atom stereocenters. The summed E-state index contributed by atoms with van der Waals surface area (Å²) < 4.78 is 0. The van der Waals surface area contributed by atoms with Crippen LogP contribution >= 0.6 is 0 Å². The van der Waals surface area contributed by atoms with Crippen molar-refractivity contribution < 1.29 is 14.4 Å². The van der Waals surface area contributed by atoms with Crippen LogP contribution in [0.1, 0.15) is 83.4 Å². The number of amides is 3. The Bertz CT molecular complexity index is 575. The van der Waals surface area contributed by atoms with E-state index >= 15 is 0 Å². The summed E-state index contributed by atoms with van der Waals surface area (Å²) in [6.45, 7) is 11.0. The number of carbonyl (C=O) groups excluding carboxylic acids is 3. The Balaban J connectivity index is 0.00000352. The maximum Gasteiger partial charge on any atom is 0.220 e. The lowest BCUT2D eigenvalue weighted by molar-refractivity contribution is -0.122. The van der Waals surface area contributed by atoms with E-state index in [0.717, 1.165) is 29.5 Å². The Kier molecular flexibility index (Phi) is 14.3. The molecule has 0 unspecified atom stereocenters. The second-order valence-corrected chi connectivity index (χ2v) is 6.34. The van der Waals surface area contributed by atoms with Crippen molar-refractivity contribution in [2.75, 3.05) is 0 Å². The molecule has 3 amide bonds. The molecule has 0 bridgehead atoms. The van der Waals surface area contributed by atoms with E-state index in [1.54, 1.807) is 0 Å². The minimum atomic E-state index is -0.00977. The predicted molar refractivity (Wildman–Crippen MR) is 113 cm³/mol. The maximum atomic E-state index is 11.7. The minimum Gasteiger partial charge on any atom is -0.352 e. The molecule has 0 aromatic heterocycles. The Labute approximate surface area is 169 Å². The van der Waals surface area contributed by atoms with Gasteiger partial charge in [-0.15, -0.1) is 0 Å². The molecule has 6 nitrogen and oxygen atoms in total. The van der Waals surface area contributed by atoms with E-state index in [-0.39, 0.29) is 17.7 Å². The quantitative estimate of drug-likeness (QED) is 0.539. The molecule has 0 saturated carbocycles. The van der Waals surface area contributed by atoms with Crippen LogP contribution < -0.4 is 16.0 Å².